The smallest absolute Gasteiger partial charge is 0.337 e. The van der Waals surface area contributed by atoms with Crippen molar-refractivity contribution < 1.29 is 19.1 Å². The summed E-state index contributed by atoms with van der Waals surface area (Å²) in [5.41, 5.74) is 1.92. The van der Waals surface area contributed by atoms with Crippen LogP contribution in [0.3, 0.4) is 0 Å². The number of esters is 1. The van der Waals surface area contributed by atoms with Gasteiger partial charge in [0.05, 0.1) is 18.4 Å². The fourth-order valence-electron chi connectivity index (χ4n) is 2.81. The summed E-state index contributed by atoms with van der Waals surface area (Å²) in [4.78, 5) is 27.9. The van der Waals surface area contributed by atoms with Crippen molar-refractivity contribution in [1.29, 1.82) is 0 Å². The van der Waals surface area contributed by atoms with Crippen LogP contribution in [0.2, 0.25) is 0 Å². The Morgan fingerprint density at radius 2 is 1.81 bits per heavy atom. The summed E-state index contributed by atoms with van der Waals surface area (Å²) >= 11 is 1.31. The maximum atomic E-state index is 12.4. The van der Waals surface area contributed by atoms with Gasteiger partial charge in [-0.25, -0.2) is 4.79 Å². The molecule has 31 heavy (non-hydrogen) atoms. The molecule has 0 aliphatic heterocycles. The first-order chi connectivity index (χ1) is 15.1. The predicted octanol–water partition coefficient (Wildman–Crippen LogP) is 2.89. The first-order valence-electron chi connectivity index (χ1n) is 9.56. The molecular weight excluding hydrogens is 418 g/mol. The van der Waals surface area contributed by atoms with E-state index in [1.54, 1.807) is 43.8 Å². The maximum absolute atomic E-state index is 12.4. The highest BCUT2D eigenvalue weighted by Gasteiger charge is 2.16. The van der Waals surface area contributed by atoms with E-state index in [2.05, 4.69) is 25.2 Å². The molecule has 0 fully saturated rings. The largest absolute Gasteiger partial charge is 0.465 e. The van der Waals surface area contributed by atoms with Gasteiger partial charge >= 0.3 is 5.97 Å². The van der Waals surface area contributed by atoms with E-state index in [1.807, 2.05) is 16.7 Å². The van der Waals surface area contributed by atoms with E-state index in [4.69, 9.17) is 4.74 Å². The quantitative estimate of drug-likeness (QED) is 0.291. The first kappa shape index (κ1) is 22.4. The molecule has 2 heterocycles. The summed E-state index contributed by atoms with van der Waals surface area (Å²) in [5, 5.41) is 12.0. The Kier molecular flexibility index (Phi) is 8.13. The number of hydrogen-bond acceptors (Lipinski definition) is 8. The third-order valence-electron chi connectivity index (χ3n) is 4.31. The molecule has 0 spiro atoms. The van der Waals surface area contributed by atoms with Crippen molar-refractivity contribution in [2.24, 2.45) is 0 Å². The normalized spacial score (nSPS) is 10.6. The molecule has 0 atom stereocenters. The van der Waals surface area contributed by atoms with Crippen LogP contribution in [0.4, 0.5) is 5.69 Å². The van der Waals surface area contributed by atoms with E-state index in [0.29, 0.717) is 29.6 Å². The number of thioether (sulfide) groups is 1. The number of benzene rings is 1. The third-order valence-corrected chi connectivity index (χ3v) is 5.27. The van der Waals surface area contributed by atoms with Gasteiger partial charge < -0.3 is 19.4 Å². The summed E-state index contributed by atoms with van der Waals surface area (Å²) in [6.45, 7) is 1.28. The zero-order valence-corrected chi connectivity index (χ0v) is 18.1. The first-order valence-corrected chi connectivity index (χ1v) is 10.5. The number of anilines is 1. The molecule has 2 aromatic heterocycles. The van der Waals surface area contributed by atoms with Crippen molar-refractivity contribution in [2.75, 3.05) is 31.9 Å². The molecule has 3 rings (SSSR count). The molecule has 0 saturated carbocycles. The highest BCUT2D eigenvalue weighted by molar-refractivity contribution is 7.99. The molecule has 0 aliphatic rings. The van der Waals surface area contributed by atoms with Crippen LogP contribution in [0.15, 0.2) is 53.9 Å². The molecule has 0 unspecified atom stereocenters. The molecule has 9 nitrogen and oxygen atoms in total. The fourth-order valence-corrected chi connectivity index (χ4v) is 3.58. The van der Waals surface area contributed by atoms with Gasteiger partial charge in [0.15, 0.2) is 11.0 Å². The van der Waals surface area contributed by atoms with Crippen molar-refractivity contribution in [3.63, 3.8) is 0 Å². The Morgan fingerprint density at radius 3 is 2.48 bits per heavy atom. The lowest BCUT2D eigenvalue weighted by Gasteiger charge is -2.10. The second-order valence-corrected chi connectivity index (χ2v) is 7.39. The van der Waals surface area contributed by atoms with Gasteiger partial charge in [0.2, 0.25) is 5.91 Å². The minimum atomic E-state index is -0.425. The lowest BCUT2D eigenvalue weighted by Crippen LogP contribution is -2.15. The number of carbonyl (C=O) groups excluding carboxylic acids is 2. The van der Waals surface area contributed by atoms with E-state index in [1.165, 1.54) is 18.9 Å². The van der Waals surface area contributed by atoms with Crippen molar-refractivity contribution in [2.45, 2.75) is 18.1 Å². The topological polar surface area (TPSA) is 108 Å². The molecule has 0 radical (unpaired) electrons. The lowest BCUT2D eigenvalue weighted by atomic mass is 10.2. The number of hydrogen-bond donors (Lipinski definition) is 1. The molecular formula is C21H23N5O4S. The van der Waals surface area contributed by atoms with Crippen molar-refractivity contribution >= 4 is 29.3 Å². The second kappa shape index (κ2) is 11.2. The molecule has 10 heteroatoms. The summed E-state index contributed by atoms with van der Waals surface area (Å²) < 4.78 is 11.8. The molecule has 162 valence electrons. The van der Waals surface area contributed by atoms with Crippen LogP contribution in [-0.2, 0) is 20.8 Å². The average molecular weight is 442 g/mol. The highest BCUT2D eigenvalue weighted by atomic mass is 32.2. The van der Waals surface area contributed by atoms with Crippen molar-refractivity contribution in [3.8, 4) is 11.4 Å². The summed E-state index contributed by atoms with van der Waals surface area (Å²) in [6.07, 6.45) is 4.20. The number of methoxy groups -OCH3 is 2. The lowest BCUT2D eigenvalue weighted by molar-refractivity contribution is -0.113. The zero-order chi connectivity index (χ0) is 22.1. The Bertz CT molecular complexity index is 1010. The minimum Gasteiger partial charge on any atom is -0.465 e. The number of aromatic nitrogens is 4. The van der Waals surface area contributed by atoms with E-state index in [9.17, 15) is 9.59 Å². The highest BCUT2D eigenvalue weighted by Crippen LogP contribution is 2.24. The van der Waals surface area contributed by atoms with Gasteiger partial charge in [-0.1, -0.05) is 11.8 Å². The number of ether oxygens (including phenoxy) is 2. The van der Waals surface area contributed by atoms with Crippen LogP contribution >= 0.6 is 11.8 Å². The van der Waals surface area contributed by atoms with Crippen LogP contribution in [0, 0.1) is 0 Å². The van der Waals surface area contributed by atoms with Gasteiger partial charge in [0.25, 0.3) is 0 Å². The summed E-state index contributed by atoms with van der Waals surface area (Å²) in [7, 11) is 2.98. The van der Waals surface area contributed by atoms with Gasteiger partial charge in [-0.15, -0.1) is 10.2 Å². The van der Waals surface area contributed by atoms with Gasteiger partial charge in [-0.3, -0.25) is 9.78 Å². The van der Waals surface area contributed by atoms with Crippen LogP contribution in [-0.4, -0.2) is 58.2 Å². The Morgan fingerprint density at radius 1 is 1.06 bits per heavy atom. The van der Waals surface area contributed by atoms with Crippen molar-refractivity contribution in [3.05, 3.63) is 54.4 Å². The van der Waals surface area contributed by atoms with Crippen LogP contribution in [0.5, 0.6) is 0 Å². The molecule has 0 bridgehead atoms. The Labute approximate surface area is 184 Å². The molecule has 0 aliphatic carbocycles. The van der Waals surface area contributed by atoms with E-state index >= 15 is 0 Å². The van der Waals surface area contributed by atoms with Gasteiger partial charge in [0.1, 0.15) is 0 Å². The maximum Gasteiger partial charge on any atom is 0.337 e. The molecule has 3 aromatic rings. The van der Waals surface area contributed by atoms with E-state index in [0.717, 1.165) is 17.8 Å². The Hall–Kier alpha value is -3.24. The molecule has 0 saturated heterocycles. The fraction of sp³-hybridized carbons (Fsp3) is 0.286. The van der Waals surface area contributed by atoms with Gasteiger partial charge in [-0.2, -0.15) is 0 Å². The van der Waals surface area contributed by atoms with E-state index < -0.39 is 5.97 Å². The SMILES string of the molecule is COCCCn1c(SCC(=O)Nc2ccc(C(=O)OC)cc2)nnc1-c1ccncc1. The van der Waals surface area contributed by atoms with E-state index in [-0.39, 0.29) is 11.7 Å². The van der Waals surface area contributed by atoms with Crippen molar-refractivity contribution in [1.82, 2.24) is 19.7 Å². The summed E-state index contributed by atoms with van der Waals surface area (Å²) in [6, 6.07) is 10.3. The molecule has 1 amide bonds. The number of carbonyl (C=O) groups is 2. The van der Waals surface area contributed by atoms with Crippen LogP contribution < -0.4 is 5.32 Å². The number of amides is 1. The van der Waals surface area contributed by atoms with Gasteiger partial charge in [0, 0.05) is 43.9 Å². The number of nitrogens with one attached hydrogen (secondary N) is 1. The standard InChI is InChI=1S/C21H23N5O4S/c1-29-13-3-12-26-19(15-8-10-22-11-9-15)24-25-21(26)31-14-18(27)23-17-6-4-16(5-7-17)20(28)30-2/h4-11H,3,12-14H2,1-2H3,(H,23,27). The number of nitrogens with zero attached hydrogens (tertiary/aromatic N) is 4. The Balaban J connectivity index is 1.65. The second-order valence-electron chi connectivity index (χ2n) is 6.45. The predicted molar refractivity (Wildman–Crippen MR) is 117 cm³/mol. The van der Waals surface area contributed by atoms with Gasteiger partial charge in [-0.05, 0) is 42.8 Å². The zero-order valence-electron chi connectivity index (χ0n) is 17.3. The van der Waals surface area contributed by atoms with Crippen LogP contribution in [0.25, 0.3) is 11.4 Å². The minimum absolute atomic E-state index is 0.164. The monoisotopic (exact) mass is 441 g/mol. The summed E-state index contributed by atoms with van der Waals surface area (Å²) in [5.74, 6) is 0.274. The number of rotatable bonds is 10. The van der Waals surface area contributed by atoms with Crippen LogP contribution in [0.1, 0.15) is 16.8 Å². The average Bonchev–Trinajstić information content (AvgIpc) is 3.21. The molecule has 1 N–H and O–H groups in total. The third kappa shape index (κ3) is 6.12. The molecule has 1 aromatic carbocycles. The number of pyridine rings is 1.